The number of carbonyl (C=O) groups excluding carboxylic acids is 2. The molecule has 3 aliphatic rings. The summed E-state index contributed by atoms with van der Waals surface area (Å²) in [5.41, 5.74) is -0.494. The fourth-order valence-electron chi connectivity index (χ4n) is 4.17. The predicted molar refractivity (Wildman–Crippen MR) is 91.1 cm³/mol. The Kier molecular flexibility index (Phi) is 4.88. The van der Waals surface area contributed by atoms with Gasteiger partial charge in [0.25, 0.3) is 12.3 Å². The van der Waals surface area contributed by atoms with Gasteiger partial charge in [0.05, 0.1) is 18.3 Å². The largest absolute Gasteiger partial charge is 0.376 e. The van der Waals surface area contributed by atoms with Gasteiger partial charge in [-0.2, -0.15) is 5.10 Å². The molecule has 9 heteroatoms. The Labute approximate surface area is 156 Å². The molecule has 3 atom stereocenters. The number of hydrogen-bond donors (Lipinski definition) is 1. The Morgan fingerprint density at radius 1 is 1.37 bits per heavy atom. The molecule has 4 rings (SSSR count). The average Bonchev–Trinajstić information content (AvgIpc) is 3.31. The van der Waals surface area contributed by atoms with Crippen LogP contribution in [0.3, 0.4) is 0 Å². The number of aromatic nitrogens is 2. The van der Waals surface area contributed by atoms with Gasteiger partial charge in [-0.05, 0) is 25.2 Å². The van der Waals surface area contributed by atoms with Gasteiger partial charge in [0.15, 0.2) is 0 Å². The van der Waals surface area contributed by atoms with Crippen molar-refractivity contribution in [3.05, 3.63) is 17.5 Å². The molecule has 3 heterocycles. The minimum Gasteiger partial charge on any atom is -0.376 e. The molecule has 1 N–H and O–H groups in total. The van der Waals surface area contributed by atoms with E-state index in [0.29, 0.717) is 26.2 Å². The van der Waals surface area contributed by atoms with Crippen molar-refractivity contribution in [3.8, 4) is 0 Å². The lowest BCUT2D eigenvalue weighted by molar-refractivity contribution is -0.122. The molecule has 7 nitrogen and oxygen atoms in total. The number of fused-ring (bicyclic) bond motifs is 1. The third-order valence-electron chi connectivity index (χ3n) is 5.80. The van der Waals surface area contributed by atoms with E-state index in [9.17, 15) is 18.4 Å². The number of alkyl halides is 2. The third-order valence-corrected chi connectivity index (χ3v) is 5.80. The number of nitrogens with one attached hydrogen (secondary N) is 1. The second kappa shape index (κ2) is 7.18. The quantitative estimate of drug-likeness (QED) is 0.834. The van der Waals surface area contributed by atoms with Crippen molar-refractivity contribution in [3.63, 3.8) is 0 Å². The summed E-state index contributed by atoms with van der Waals surface area (Å²) in [6.07, 6.45) is 1.22. The van der Waals surface area contributed by atoms with E-state index in [1.165, 1.54) is 17.9 Å². The lowest BCUT2D eigenvalue weighted by atomic mass is 9.84. The summed E-state index contributed by atoms with van der Waals surface area (Å²) < 4.78 is 33.4. The summed E-state index contributed by atoms with van der Waals surface area (Å²) in [5.74, 6) is 0.313. The maximum atomic E-state index is 13.1. The van der Waals surface area contributed by atoms with Crippen LogP contribution in [0, 0.1) is 17.8 Å². The molecule has 3 fully saturated rings. The molecule has 1 aliphatic carbocycles. The van der Waals surface area contributed by atoms with Crippen molar-refractivity contribution >= 4 is 11.8 Å². The highest BCUT2D eigenvalue weighted by Crippen LogP contribution is 2.35. The molecule has 0 bridgehead atoms. The SMILES string of the molecule is Cn1cc(C(=O)N2CC[C@@H]3[C@@H](CO[C@H]3CNC(=O)C3CC3)C2)c(C(F)F)n1. The average molecular weight is 382 g/mol. The highest BCUT2D eigenvalue weighted by atomic mass is 19.3. The lowest BCUT2D eigenvalue weighted by Crippen LogP contribution is -2.46. The first-order valence-corrected chi connectivity index (χ1v) is 9.44. The van der Waals surface area contributed by atoms with Gasteiger partial charge in [0.2, 0.25) is 5.91 Å². The second-order valence-corrected chi connectivity index (χ2v) is 7.76. The molecule has 0 radical (unpaired) electrons. The van der Waals surface area contributed by atoms with Gasteiger partial charge in [0, 0.05) is 44.7 Å². The van der Waals surface area contributed by atoms with E-state index in [2.05, 4.69) is 10.4 Å². The van der Waals surface area contributed by atoms with Crippen LogP contribution in [0.1, 0.15) is 41.7 Å². The van der Waals surface area contributed by atoms with Crippen molar-refractivity contribution in [2.75, 3.05) is 26.2 Å². The van der Waals surface area contributed by atoms with Gasteiger partial charge in [-0.1, -0.05) is 0 Å². The van der Waals surface area contributed by atoms with E-state index in [1.54, 1.807) is 4.90 Å². The molecular weight excluding hydrogens is 358 g/mol. The summed E-state index contributed by atoms with van der Waals surface area (Å²) in [5, 5.41) is 6.68. The number of aryl methyl sites for hydroxylation is 1. The first-order valence-electron chi connectivity index (χ1n) is 9.44. The zero-order valence-corrected chi connectivity index (χ0v) is 15.2. The summed E-state index contributed by atoms with van der Waals surface area (Å²) >= 11 is 0. The number of ether oxygens (including phenoxy) is 1. The molecule has 2 amide bonds. The molecule has 1 aromatic heterocycles. The number of piperidine rings is 1. The van der Waals surface area contributed by atoms with Crippen LogP contribution in [0.2, 0.25) is 0 Å². The highest BCUT2D eigenvalue weighted by Gasteiger charge is 2.43. The fourth-order valence-corrected chi connectivity index (χ4v) is 4.17. The van der Waals surface area contributed by atoms with Crippen molar-refractivity contribution < 1.29 is 23.1 Å². The second-order valence-electron chi connectivity index (χ2n) is 7.76. The Balaban J connectivity index is 1.36. The minimum absolute atomic E-state index is 0.0295. The number of hydrogen-bond acceptors (Lipinski definition) is 4. The first-order chi connectivity index (χ1) is 12.9. The molecular formula is C18H24F2N4O3. The molecule has 2 aliphatic heterocycles. The molecule has 2 saturated heterocycles. The topological polar surface area (TPSA) is 76.5 Å². The number of nitrogens with zero attached hydrogens (tertiary/aromatic N) is 3. The monoisotopic (exact) mass is 382 g/mol. The predicted octanol–water partition coefficient (Wildman–Crippen LogP) is 1.36. The summed E-state index contributed by atoms with van der Waals surface area (Å²) in [6, 6.07) is 0. The summed E-state index contributed by atoms with van der Waals surface area (Å²) in [7, 11) is 1.53. The van der Waals surface area contributed by atoms with Crippen LogP contribution in [-0.2, 0) is 16.6 Å². The number of amides is 2. The van der Waals surface area contributed by atoms with Gasteiger partial charge in [-0.3, -0.25) is 14.3 Å². The first kappa shape index (κ1) is 18.3. The smallest absolute Gasteiger partial charge is 0.282 e. The van der Waals surface area contributed by atoms with Crippen LogP contribution < -0.4 is 5.32 Å². The van der Waals surface area contributed by atoms with Gasteiger partial charge < -0.3 is 15.0 Å². The van der Waals surface area contributed by atoms with E-state index in [4.69, 9.17) is 4.74 Å². The Hall–Kier alpha value is -2.03. The number of carbonyl (C=O) groups is 2. The normalized spacial score (nSPS) is 27.7. The maximum absolute atomic E-state index is 13.1. The number of rotatable bonds is 5. The van der Waals surface area contributed by atoms with Crippen molar-refractivity contribution in [2.24, 2.45) is 24.8 Å². The van der Waals surface area contributed by atoms with E-state index >= 15 is 0 Å². The van der Waals surface area contributed by atoms with Crippen LogP contribution in [0.15, 0.2) is 6.20 Å². The minimum atomic E-state index is -2.78. The molecule has 1 saturated carbocycles. The van der Waals surface area contributed by atoms with E-state index in [-0.39, 0.29) is 35.3 Å². The number of halogens is 2. The van der Waals surface area contributed by atoms with Crippen molar-refractivity contribution in [1.29, 1.82) is 0 Å². The summed E-state index contributed by atoms with van der Waals surface area (Å²) in [4.78, 5) is 26.2. The van der Waals surface area contributed by atoms with E-state index < -0.39 is 18.0 Å². The van der Waals surface area contributed by atoms with Gasteiger partial charge in [-0.25, -0.2) is 8.78 Å². The van der Waals surface area contributed by atoms with Crippen LogP contribution >= 0.6 is 0 Å². The Bertz CT molecular complexity index is 734. The molecule has 148 valence electrons. The van der Waals surface area contributed by atoms with Gasteiger partial charge >= 0.3 is 0 Å². The molecule has 0 unspecified atom stereocenters. The third kappa shape index (κ3) is 3.69. The molecule has 0 aromatic carbocycles. The van der Waals surface area contributed by atoms with Gasteiger partial charge in [-0.15, -0.1) is 0 Å². The van der Waals surface area contributed by atoms with Crippen LogP contribution in [-0.4, -0.2) is 58.8 Å². The van der Waals surface area contributed by atoms with Crippen LogP contribution in [0.4, 0.5) is 8.78 Å². The molecule has 0 spiro atoms. The highest BCUT2D eigenvalue weighted by molar-refractivity contribution is 5.95. The Morgan fingerprint density at radius 2 is 2.15 bits per heavy atom. The van der Waals surface area contributed by atoms with Gasteiger partial charge in [0.1, 0.15) is 5.69 Å². The van der Waals surface area contributed by atoms with Crippen LogP contribution in [0.5, 0.6) is 0 Å². The van der Waals surface area contributed by atoms with Crippen LogP contribution in [0.25, 0.3) is 0 Å². The van der Waals surface area contributed by atoms with Crippen molar-refractivity contribution in [2.45, 2.75) is 31.8 Å². The van der Waals surface area contributed by atoms with E-state index in [0.717, 1.165) is 19.3 Å². The molecule has 1 aromatic rings. The standard InChI is InChI=1S/C18H24F2N4O3/c1-23-8-13(15(22-23)16(19)20)18(26)24-5-4-12-11(7-24)9-27-14(12)6-21-17(25)10-2-3-10/h8,10-12,14,16H,2-7,9H2,1H3,(H,21,25)/t11-,12-,14+/m1/s1. The Morgan fingerprint density at radius 3 is 2.85 bits per heavy atom. The zero-order chi connectivity index (χ0) is 19.1. The van der Waals surface area contributed by atoms with E-state index in [1.807, 2.05) is 0 Å². The molecule has 27 heavy (non-hydrogen) atoms. The fraction of sp³-hybridized carbons (Fsp3) is 0.722. The van der Waals surface area contributed by atoms with Crippen molar-refractivity contribution in [1.82, 2.24) is 20.0 Å². The zero-order valence-electron chi connectivity index (χ0n) is 15.2. The summed E-state index contributed by atoms with van der Waals surface area (Å²) in [6.45, 7) is 2.00. The number of likely N-dealkylation sites (tertiary alicyclic amines) is 1. The lowest BCUT2D eigenvalue weighted by Gasteiger charge is -2.35. The maximum Gasteiger partial charge on any atom is 0.282 e.